The van der Waals surface area contributed by atoms with E-state index in [4.69, 9.17) is 9.47 Å². The SMILES string of the molecule is CCCCOC(=O)c1ccc(NC(=O)N2CCN(C(=O)OCC)CC2)cc1. The van der Waals surface area contributed by atoms with E-state index < -0.39 is 0 Å². The van der Waals surface area contributed by atoms with Crippen LogP contribution in [-0.4, -0.2) is 67.3 Å². The molecule has 0 atom stereocenters. The van der Waals surface area contributed by atoms with E-state index in [0.29, 0.717) is 50.6 Å². The van der Waals surface area contributed by atoms with Gasteiger partial charge in [-0.2, -0.15) is 0 Å². The highest BCUT2D eigenvalue weighted by molar-refractivity contribution is 5.92. The van der Waals surface area contributed by atoms with Gasteiger partial charge in [-0.15, -0.1) is 0 Å². The lowest BCUT2D eigenvalue weighted by atomic mass is 10.2. The number of anilines is 1. The molecule has 1 N–H and O–H groups in total. The molecule has 8 heteroatoms. The van der Waals surface area contributed by atoms with Gasteiger partial charge in [0.2, 0.25) is 0 Å². The maximum atomic E-state index is 12.4. The van der Waals surface area contributed by atoms with Crippen molar-refractivity contribution in [1.29, 1.82) is 0 Å². The van der Waals surface area contributed by atoms with Crippen molar-refractivity contribution >= 4 is 23.8 Å². The molecule has 1 aliphatic heterocycles. The molecule has 0 aliphatic carbocycles. The second kappa shape index (κ2) is 10.4. The normalized spacial score (nSPS) is 13.9. The molecule has 0 spiro atoms. The minimum Gasteiger partial charge on any atom is -0.462 e. The molecule has 0 unspecified atom stereocenters. The number of urea groups is 1. The van der Waals surface area contributed by atoms with Gasteiger partial charge in [-0.1, -0.05) is 13.3 Å². The summed E-state index contributed by atoms with van der Waals surface area (Å²) in [6.45, 7) is 6.29. The first-order valence-corrected chi connectivity index (χ1v) is 9.30. The highest BCUT2D eigenvalue weighted by atomic mass is 16.6. The van der Waals surface area contributed by atoms with Gasteiger partial charge in [0.15, 0.2) is 0 Å². The highest BCUT2D eigenvalue weighted by Gasteiger charge is 2.24. The summed E-state index contributed by atoms with van der Waals surface area (Å²) < 4.78 is 10.1. The summed E-state index contributed by atoms with van der Waals surface area (Å²) in [5, 5.41) is 2.80. The van der Waals surface area contributed by atoms with Gasteiger partial charge in [-0.3, -0.25) is 0 Å². The number of carbonyl (C=O) groups excluding carboxylic acids is 3. The fourth-order valence-corrected chi connectivity index (χ4v) is 2.59. The number of nitrogens with one attached hydrogen (secondary N) is 1. The fourth-order valence-electron chi connectivity index (χ4n) is 2.59. The zero-order valence-corrected chi connectivity index (χ0v) is 15.9. The van der Waals surface area contributed by atoms with Crippen LogP contribution in [0.15, 0.2) is 24.3 Å². The van der Waals surface area contributed by atoms with E-state index in [2.05, 4.69) is 5.32 Å². The summed E-state index contributed by atoms with van der Waals surface area (Å²) in [4.78, 5) is 39.1. The van der Waals surface area contributed by atoms with Crippen molar-refractivity contribution in [1.82, 2.24) is 9.80 Å². The molecule has 0 saturated carbocycles. The number of benzene rings is 1. The molecule has 1 fully saturated rings. The number of rotatable bonds is 6. The van der Waals surface area contributed by atoms with Gasteiger partial charge < -0.3 is 24.6 Å². The first-order valence-electron chi connectivity index (χ1n) is 9.30. The number of amides is 3. The quantitative estimate of drug-likeness (QED) is 0.608. The topological polar surface area (TPSA) is 88.2 Å². The van der Waals surface area contributed by atoms with E-state index in [9.17, 15) is 14.4 Å². The Bertz CT molecular complexity index is 639. The molecule has 1 saturated heterocycles. The van der Waals surface area contributed by atoms with Gasteiger partial charge in [0, 0.05) is 31.9 Å². The monoisotopic (exact) mass is 377 g/mol. The summed E-state index contributed by atoms with van der Waals surface area (Å²) >= 11 is 0. The number of nitrogens with zero attached hydrogens (tertiary/aromatic N) is 2. The first kappa shape index (κ1) is 20.5. The molecule has 148 valence electrons. The molecule has 0 radical (unpaired) electrons. The molecule has 1 aliphatic rings. The Morgan fingerprint density at radius 1 is 0.963 bits per heavy atom. The average Bonchev–Trinajstić information content (AvgIpc) is 2.69. The minimum absolute atomic E-state index is 0.239. The van der Waals surface area contributed by atoms with E-state index in [1.54, 1.807) is 41.0 Å². The number of unbranched alkanes of at least 4 members (excludes halogenated alkanes) is 1. The van der Waals surface area contributed by atoms with Gasteiger partial charge in [0.1, 0.15) is 0 Å². The lowest BCUT2D eigenvalue weighted by Crippen LogP contribution is -2.51. The predicted octanol–water partition coefficient (Wildman–Crippen LogP) is 2.95. The molecule has 0 aromatic heterocycles. The molecule has 27 heavy (non-hydrogen) atoms. The molecule has 0 bridgehead atoms. The van der Waals surface area contributed by atoms with E-state index in [-0.39, 0.29) is 18.1 Å². The molecule has 2 rings (SSSR count). The third-order valence-electron chi connectivity index (χ3n) is 4.20. The van der Waals surface area contributed by atoms with Crippen LogP contribution in [0.4, 0.5) is 15.3 Å². The van der Waals surface area contributed by atoms with Crippen LogP contribution < -0.4 is 5.32 Å². The van der Waals surface area contributed by atoms with Crippen molar-refractivity contribution in [2.45, 2.75) is 26.7 Å². The van der Waals surface area contributed by atoms with E-state index in [1.807, 2.05) is 6.92 Å². The number of piperazine rings is 1. The molecule has 1 aromatic rings. The summed E-state index contributed by atoms with van der Waals surface area (Å²) in [5.74, 6) is -0.364. The van der Waals surface area contributed by atoms with Gasteiger partial charge in [-0.25, -0.2) is 14.4 Å². The van der Waals surface area contributed by atoms with Crippen LogP contribution in [0.2, 0.25) is 0 Å². The van der Waals surface area contributed by atoms with Gasteiger partial charge in [0.05, 0.1) is 18.8 Å². The Hall–Kier alpha value is -2.77. The van der Waals surface area contributed by atoms with Gasteiger partial charge in [0.25, 0.3) is 0 Å². The van der Waals surface area contributed by atoms with E-state index >= 15 is 0 Å². The molecular formula is C19H27N3O5. The summed E-state index contributed by atoms with van der Waals surface area (Å²) in [7, 11) is 0. The molecule has 1 heterocycles. The van der Waals surface area contributed by atoms with Crippen LogP contribution in [0.5, 0.6) is 0 Å². The van der Waals surface area contributed by atoms with Crippen molar-refractivity contribution in [3.8, 4) is 0 Å². The Morgan fingerprint density at radius 2 is 1.59 bits per heavy atom. The zero-order valence-electron chi connectivity index (χ0n) is 15.9. The second-order valence-electron chi connectivity index (χ2n) is 6.17. The van der Waals surface area contributed by atoms with Crippen molar-refractivity contribution < 1.29 is 23.9 Å². The van der Waals surface area contributed by atoms with Crippen LogP contribution >= 0.6 is 0 Å². The fraction of sp³-hybridized carbons (Fsp3) is 0.526. The van der Waals surface area contributed by atoms with Crippen molar-refractivity contribution in [2.75, 3.05) is 44.7 Å². The molecule has 3 amide bonds. The van der Waals surface area contributed by atoms with Crippen LogP contribution in [0, 0.1) is 0 Å². The van der Waals surface area contributed by atoms with Crippen molar-refractivity contribution in [2.24, 2.45) is 0 Å². The van der Waals surface area contributed by atoms with Crippen LogP contribution in [-0.2, 0) is 9.47 Å². The lowest BCUT2D eigenvalue weighted by molar-refractivity contribution is 0.0499. The third-order valence-corrected chi connectivity index (χ3v) is 4.20. The summed E-state index contributed by atoms with van der Waals surface area (Å²) in [5.41, 5.74) is 1.05. The first-order chi connectivity index (χ1) is 13.0. The van der Waals surface area contributed by atoms with Crippen molar-refractivity contribution in [3.63, 3.8) is 0 Å². The minimum atomic E-state index is -0.364. The Balaban J connectivity index is 1.81. The number of hydrogen-bond donors (Lipinski definition) is 1. The Morgan fingerprint density at radius 3 is 2.19 bits per heavy atom. The maximum Gasteiger partial charge on any atom is 0.409 e. The number of carbonyl (C=O) groups is 3. The third kappa shape index (κ3) is 6.16. The highest BCUT2D eigenvalue weighted by Crippen LogP contribution is 2.13. The standard InChI is InChI=1S/C19H27N3O5/c1-3-5-14-27-17(23)15-6-8-16(9-7-15)20-18(24)21-10-12-22(13-11-21)19(25)26-4-2/h6-9H,3-5,10-14H2,1-2H3,(H,20,24). The molecule has 1 aromatic carbocycles. The van der Waals surface area contributed by atoms with Crippen LogP contribution in [0.1, 0.15) is 37.0 Å². The number of ether oxygens (including phenoxy) is 2. The van der Waals surface area contributed by atoms with E-state index in [1.165, 1.54) is 0 Å². The maximum absolute atomic E-state index is 12.4. The van der Waals surface area contributed by atoms with Crippen LogP contribution in [0.25, 0.3) is 0 Å². The smallest absolute Gasteiger partial charge is 0.409 e. The second-order valence-corrected chi connectivity index (χ2v) is 6.17. The van der Waals surface area contributed by atoms with Gasteiger partial charge >= 0.3 is 18.1 Å². The van der Waals surface area contributed by atoms with E-state index in [0.717, 1.165) is 12.8 Å². The Labute approximate surface area is 159 Å². The average molecular weight is 377 g/mol. The summed E-state index contributed by atoms with van der Waals surface area (Å²) in [6.07, 6.45) is 1.45. The lowest BCUT2D eigenvalue weighted by Gasteiger charge is -2.34. The number of esters is 1. The van der Waals surface area contributed by atoms with Gasteiger partial charge in [-0.05, 0) is 37.6 Å². The zero-order chi connectivity index (χ0) is 19.6. The predicted molar refractivity (Wildman–Crippen MR) is 101 cm³/mol. The summed E-state index contributed by atoms with van der Waals surface area (Å²) in [6, 6.07) is 6.36. The van der Waals surface area contributed by atoms with Crippen LogP contribution in [0.3, 0.4) is 0 Å². The Kier molecular flexibility index (Phi) is 7.91. The molecule has 8 nitrogen and oxygen atoms in total. The largest absolute Gasteiger partial charge is 0.462 e. The van der Waals surface area contributed by atoms with Crippen molar-refractivity contribution in [3.05, 3.63) is 29.8 Å². The number of hydrogen-bond acceptors (Lipinski definition) is 5. The molecular weight excluding hydrogens is 350 g/mol.